The van der Waals surface area contributed by atoms with Gasteiger partial charge in [0, 0.05) is 22.5 Å². The fourth-order valence-corrected chi connectivity index (χ4v) is 6.58. The normalized spacial score (nSPS) is 23.4. The van der Waals surface area contributed by atoms with E-state index < -0.39 is 84.6 Å². The second-order valence-corrected chi connectivity index (χ2v) is 12.3. The summed E-state index contributed by atoms with van der Waals surface area (Å²) < 4.78 is 48.4. The Morgan fingerprint density at radius 1 is 0.977 bits per heavy atom. The maximum atomic E-state index is 13.9. The van der Waals surface area contributed by atoms with Crippen molar-refractivity contribution < 1.29 is 61.5 Å². The van der Waals surface area contributed by atoms with E-state index in [1.807, 2.05) is 0 Å². The molecule has 2 saturated carbocycles. The summed E-state index contributed by atoms with van der Waals surface area (Å²) in [4.78, 5) is 63.7. The van der Waals surface area contributed by atoms with Crippen LogP contribution in [0.5, 0.6) is 0 Å². The Hall–Kier alpha value is -3.46. The zero-order chi connectivity index (χ0) is 32.7. The molecule has 0 unspecified atom stereocenters. The molecule has 3 rings (SSSR count). The molecule has 1 aromatic rings. The molecule has 0 radical (unpaired) electrons. The minimum atomic E-state index is -1.84. The van der Waals surface area contributed by atoms with Gasteiger partial charge in [0.2, 0.25) is 13.6 Å². The van der Waals surface area contributed by atoms with Crippen LogP contribution in [0.4, 0.5) is 18.8 Å². The van der Waals surface area contributed by atoms with Crippen LogP contribution in [0.1, 0.15) is 41.0 Å². The Labute approximate surface area is 262 Å². The van der Waals surface area contributed by atoms with E-state index in [9.17, 15) is 28.4 Å². The number of hydrogen-bond acceptors (Lipinski definition) is 13. The summed E-state index contributed by atoms with van der Waals surface area (Å²) in [5, 5.41) is 2.57. The predicted molar refractivity (Wildman–Crippen MR) is 151 cm³/mol. The molecule has 1 N–H and O–H groups in total. The van der Waals surface area contributed by atoms with Crippen molar-refractivity contribution >= 4 is 53.7 Å². The third kappa shape index (κ3) is 8.80. The van der Waals surface area contributed by atoms with Gasteiger partial charge in [-0.1, -0.05) is 11.6 Å². The van der Waals surface area contributed by atoms with E-state index in [-0.39, 0.29) is 30.4 Å². The first-order valence-electron chi connectivity index (χ1n) is 13.7. The molecule has 44 heavy (non-hydrogen) atoms. The number of thioether (sulfide) groups is 1. The fraction of sp³-hybridized carbons (Fsp3) is 0.607. The van der Waals surface area contributed by atoms with Crippen molar-refractivity contribution in [1.29, 1.82) is 0 Å². The van der Waals surface area contributed by atoms with Crippen molar-refractivity contribution in [3.8, 4) is 0 Å². The highest BCUT2D eigenvalue weighted by Gasteiger charge is 2.76. The Balaban J connectivity index is 1.88. The molecule has 0 bridgehead atoms. The molecular formula is C28H35ClFNO12S. The van der Waals surface area contributed by atoms with Crippen molar-refractivity contribution in [3.63, 3.8) is 0 Å². The van der Waals surface area contributed by atoms with Crippen LogP contribution in [-0.4, -0.2) is 74.0 Å². The number of amides is 1. The highest BCUT2D eigenvalue weighted by Crippen LogP contribution is 2.66. The minimum absolute atomic E-state index is 0.0248. The van der Waals surface area contributed by atoms with E-state index in [4.69, 9.17) is 35.3 Å². The number of hydrogen-bond donors (Lipinski definition) is 1. The predicted octanol–water partition coefficient (Wildman–Crippen LogP) is 5.06. The third-order valence-corrected chi connectivity index (χ3v) is 8.27. The van der Waals surface area contributed by atoms with Crippen molar-refractivity contribution in [2.45, 2.75) is 57.1 Å². The number of nitrogens with one attached hydrogen (secondary N) is 1. The van der Waals surface area contributed by atoms with Gasteiger partial charge in [0.05, 0.1) is 24.2 Å². The number of carbonyl (C=O) groups excluding carboxylic acids is 5. The molecule has 0 aromatic heterocycles. The number of benzene rings is 1. The van der Waals surface area contributed by atoms with Gasteiger partial charge in [-0.05, 0) is 65.2 Å². The third-order valence-electron chi connectivity index (χ3n) is 6.82. The van der Waals surface area contributed by atoms with Gasteiger partial charge in [0.25, 0.3) is 0 Å². The monoisotopic (exact) mass is 663 g/mol. The SMILES string of the molecule is CCOC(=O)OCOC(=O)[C@H]1[C@@H]2C[C@@H](CSc3ccc(F)c(Cl)c3)[C@@](NC(=O)OC(C)(C)C)(C(=O)OCOC(=O)OCC)[C@@H]21. The fourth-order valence-electron chi connectivity index (χ4n) is 5.17. The van der Waals surface area contributed by atoms with Crippen molar-refractivity contribution in [2.24, 2.45) is 23.7 Å². The van der Waals surface area contributed by atoms with Gasteiger partial charge < -0.3 is 38.5 Å². The van der Waals surface area contributed by atoms with E-state index >= 15 is 0 Å². The summed E-state index contributed by atoms with van der Waals surface area (Å²) in [6.45, 7) is 6.57. The lowest BCUT2D eigenvalue weighted by Gasteiger charge is -2.37. The van der Waals surface area contributed by atoms with E-state index in [1.54, 1.807) is 34.6 Å². The van der Waals surface area contributed by atoms with Gasteiger partial charge in [-0.15, -0.1) is 11.8 Å². The first kappa shape index (κ1) is 35.0. The Bertz CT molecular complexity index is 1240. The molecule has 244 valence electrons. The summed E-state index contributed by atoms with van der Waals surface area (Å²) >= 11 is 7.18. The van der Waals surface area contributed by atoms with Crippen molar-refractivity contribution in [2.75, 3.05) is 32.6 Å². The maximum Gasteiger partial charge on any atom is 0.511 e. The van der Waals surface area contributed by atoms with Gasteiger partial charge in [-0.25, -0.2) is 23.6 Å². The van der Waals surface area contributed by atoms with E-state index in [2.05, 4.69) is 14.8 Å². The highest BCUT2D eigenvalue weighted by molar-refractivity contribution is 7.99. The number of esters is 2. The maximum absolute atomic E-state index is 13.9. The van der Waals surface area contributed by atoms with E-state index in [1.165, 1.54) is 30.0 Å². The Kier molecular flexibility index (Phi) is 12.0. The molecule has 1 aromatic carbocycles. The molecule has 2 aliphatic rings. The number of carbonyl (C=O) groups is 5. The lowest BCUT2D eigenvalue weighted by molar-refractivity contribution is -0.165. The van der Waals surface area contributed by atoms with Gasteiger partial charge in [-0.2, -0.15) is 0 Å². The van der Waals surface area contributed by atoms with Crippen LogP contribution in [0.15, 0.2) is 23.1 Å². The first-order chi connectivity index (χ1) is 20.7. The molecule has 0 spiro atoms. The van der Waals surface area contributed by atoms with Crippen molar-refractivity contribution in [1.82, 2.24) is 5.32 Å². The lowest BCUT2D eigenvalue weighted by Crippen LogP contribution is -2.62. The van der Waals surface area contributed by atoms with Gasteiger partial charge in [0.15, 0.2) is 0 Å². The van der Waals surface area contributed by atoms with Crippen LogP contribution in [0.25, 0.3) is 0 Å². The smallest absolute Gasteiger partial charge is 0.444 e. The zero-order valence-electron chi connectivity index (χ0n) is 24.8. The summed E-state index contributed by atoms with van der Waals surface area (Å²) in [5.41, 5.74) is -2.78. The van der Waals surface area contributed by atoms with Crippen LogP contribution in [0.3, 0.4) is 0 Å². The highest BCUT2D eigenvalue weighted by atomic mass is 35.5. The zero-order valence-corrected chi connectivity index (χ0v) is 26.4. The number of fused-ring (bicyclic) bond motifs is 1. The molecule has 5 atom stereocenters. The summed E-state index contributed by atoms with van der Waals surface area (Å²) in [6, 6.07) is 4.14. The van der Waals surface area contributed by atoms with Gasteiger partial charge >= 0.3 is 30.3 Å². The number of rotatable bonds is 12. The average Bonchev–Trinajstić information content (AvgIpc) is 3.56. The quantitative estimate of drug-likeness (QED) is 0.137. The van der Waals surface area contributed by atoms with E-state index in [0.29, 0.717) is 4.90 Å². The van der Waals surface area contributed by atoms with Crippen molar-refractivity contribution in [3.05, 3.63) is 29.0 Å². The number of halogens is 2. The second kappa shape index (κ2) is 15.0. The van der Waals surface area contributed by atoms with E-state index in [0.717, 1.165) is 0 Å². The van der Waals surface area contributed by atoms with Crippen LogP contribution in [-0.2, 0) is 42.7 Å². The largest absolute Gasteiger partial charge is 0.511 e. The minimum Gasteiger partial charge on any atom is -0.444 e. The van der Waals surface area contributed by atoms with Crippen LogP contribution in [0.2, 0.25) is 5.02 Å². The summed E-state index contributed by atoms with van der Waals surface area (Å²) in [7, 11) is 0. The Morgan fingerprint density at radius 2 is 1.59 bits per heavy atom. The molecular weight excluding hydrogens is 629 g/mol. The molecule has 0 heterocycles. The Morgan fingerprint density at radius 3 is 2.16 bits per heavy atom. The summed E-state index contributed by atoms with van der Waals surface area (Å²) in [5.74, 6) is -4.94. The molecule has 0 saturated heterocycles. The number of alkyl carbamates (subject to hydrolysis) is 1. The first-order valence-corrected chi connectivity index (χ1v) is 15.1. The van der Waals surface area contributed by atoms with Crippen LogP contribution in [0, 0.1) is 29.5 Å². The molecule has 2 aliphatic carbocycles. The van der Waals surface area contributed by atoms with Gasteiger partial charge in [0.1, 0.15) is 17.0 Å². The standard InChI is InChI=1S/C28H35ClFNO12S/c1-6-37-25(35)41-13-39-22(32)20-17-10-15(12-44-16-8-9-19(30)18(29)11-16)28(21(17)20,31-24(34)43-27(3,4)5)23(33)40-14-42-26(36)38-7-2/h8-9,11,15,17,20-21H,6-7,10,12-14H2,1-5H3,(H,31,34)/t15-,17-,20-,21-,28-/m0/s1. The van der Waals surface area contributed by atoms with Crippen LogP contribution >= 0.6 is 23.4 Å². The molecule has 13 nitrogen and oxygen atoms in total. The van der Waals surface area contributed by atoms with Crippen LogP contribution < -0.4 is 5.32 Å². The molecule has 16 heteroatoms. The average molecular weight is 664 g/mol. The summed E-state index contributed by atoms with van der Waals surface area (Å²) in [6.07, 6.45) is -2.80. The second-order valence-electron chi connectivity index (χ2n) is 10.8. The topological polar surface area (TPSA) is 162 Å². The lowest BCUT2D eigenvalue weighted by atomic mass is 9.81. The molecule has 2 fully saturated rings. The number of ether oxygens (including phenoxy) is 7. The molecule has 0 aliphatic heterocycles. The van der Waals surface area contributed by atoms with Gasteiger partial charge in [-0.3, -0.25) is 4.79 Å². The molecule has 1 amide bonds.